The van der Waals surface area contributed by atoms with Crippen molar-refractivity contribution in [3.63, 3.8) is 0 Å². The molecule has 1 aliphatic rings. The van der Waals surface area contributed by atoms with Gasteiger partial charge in [-0.1, -0.05) is 0 Å². The quantitative estimate of drug-likeness (QED) is 0.368. The van der Waals surface area contributed by atoms with Crippen LogP contribution in [-0.4, -0.2) is 47.6 Å². The Bertz CT molecular complexity index is 1020. The van der Waals surface area contributed by atoms with Crippen LogP contribution in [0.25, 0.3) is 11.6 Å². The maximum atomic E-state index is 13.7. The molecule has 0 radical (unpaired) electrons. The second kappa shape index (κ2) is 8.41. The van der Waals surface area contributed by atoms with Gasteiger partial charge in [0.1, 0.15) is 5.82 Å². The number of carbonyl (C=O) groups is 2. The minimum Gasteiger partial charge on any atom is -0.633 e. The smallest absolute Gasteiger partial charge is 0.256 e. The number of hydrogen-bond acceptors (Lipinski definition) is 3. The molecular formula is C22H27FN4O3. The number of nitrogens with one attached hydrogen (secondary N) is 3. The molecule has 0 bridgehead atoms. The number of benzene rings is 1. The molecule has 160 valence electrons. The van der Waals surface area contributed by atoms with E-state index in [0.29, 0.717) is 59.0 Å². The van der Waals surface area contributed by atoms with E-state index < -0.39 is 5.82 Å². The minimum absolute atomic E-state index is 0.271. The van der Waals surface area contributed by atoms with Crippen LogP contribution in [0.15, 0.2) is 18.2 Å². The lowest BCUT2D eigenvalue weighted by Crippen LogP contribution is -2.46. The van der Waals surface area contributed by atoms with Crippen LogP contribution in [0, 0.1) is 24.9 Å². The van der Waals surface area contributed by atoms with Crippen molar-refractivity contribution in [2.75, 3.05) is 31.5 Å². The van der Waals surface area contributed by atoms with E-state index in [2.05, 4.69) is 15.6 Å². The van der Waals surface area contributed by atoms with Crippen LogP contribution in [0.4, 0.5) is 10.1 Å². The third-order valence-corrected chi connectivity index (χ3v) is 5.71. The van der Waals surface area contributed by atoms with Gasteiger partial charge in [-0.05, 0) is 57.5 Å². The molecule has 1 aromatic heterocycles. The fraction of sp³-hybridized carbons (Fsp3) is 0.364. The zero-order chi connectivity index (χ0) is 22.1. The molecule has 3 N–H and O–H groups in total. The van der Waals surface area contributed by atoms with Gasteiger partial charge in [0.05, 0.1) is 37.3 Å². The summed E-state index contributed by atoms with van der Waals surface area (Å²) in [5.74, 6) is -1.02. The standard InChI is InChI=1S/C22H27FN4O3/c1-5-27(30,6-2)10-9-24-22(29)20-13(3)19(25-14(20)4)12-17-16-11-15(23)7-8-18(16)26-21(17)28/h7-8,11-12,25H,5-6,9-10H2,1-4H3,(H,24,29)(H,26,28)/b17-12-. The Hall–Kier alpha value is -2.97. The normalized spacial score (nSPS) is 14.7. The van der Waals surface area contributed by atoms with Crippen molar-refractivity contribution in [2.45, 2.75) is 27.7 Å². The summed E-state index contributed by atoms with van der Waals surface area (Å²) in [7, 11) is 0. The van der Waals surface area contributed by atoms with E-state index in [0.717, 1.165) is 0 Å². The van der Waals surface area contributed by atoms with Gasteiger partial charge in [-0.3, -0.25) is 9.59 Å². The van der Waals surface area contributed by atoms with Gasteiger partial charge in [0.2, 0.25) is 0 Å². The van der Waals surface area contributed by atoms with Crippen LogP contribution in [0.2, 0.25) is 0 Å². The SMILES string of the molecule is CC[N+]([O-])(CC)CCNC(=O)c1c(C)[nH]c(/C=C2\C(=O)Nc3ccc(F)cc32)c1C. The number of hydrogen-bond donors (Lipinski definition) is 3. The van der Waals surface area contributed by atoms with Gasteiger partial charge in [0, 0.05) is 22.6 Å². The first kappa shape index (κ1) is 21.7. The van der Waals surface area contributed by atoms with Crippen LogP contribution < -0.4 is 10.6 Å². The van der Waals surface area contributed by atoms with E-state index in [-0.39, 0.29) is 23.0 Å². The summed E-state index contributed by atoms with van der Waals surface area (Å²) >= 11 is 0. The summed E-state index contributed by atoms with van der Waals surface area (Å²) in [5, 5.41) is 17.9. The van der Waals surface area contributed by atoms with Crippen LogP contribution in [0.3, 0.4) is 0 Å². The molecule has 0 fully saturated rings. The molecule has 2 heterocycles. The largest absolute Gasteiger partial charge is 0.633 e. The minimum atomic E-state index is -0.428. The number of H-pyrrole nitrogens is 1. The molecule has 0 saturated carbocycles. The highest BCUT2D eigenvalue weighted by atomic mass is 19.1. The lowest BCUT2D eigenvalue weighted by atomic mass is 10.0. The lowest BCUT2D eigenvalue weighted by molar-refractivity contribution is -0.875. The molecule has 3 rings (SSSR count). The first-order valence-electron chi connectivity index (χ1n) is 10.1. The number of quaternary nitrogens is 1. The molecule has 0 saturated heterocycles. The predicted molar refractivity (Wildman–Crippen MR) is 115 cm³/mol. The van der Waals surface area contributed by atoms with Gasteiger partial charge < -0.3 is 25.5 Å². The van der Waals surface area contributed by atoms with Crippen molar-refractivity contribution in [1.82, 2.24) is 10.3 Å². The average Bonchev–Trinajstić information content (AvgIpc) is 3.17. The Morgan fingerprint density at radius 2 is 1.97 bits per heavy atom. The van der Waals surface area contributed by atoms with Gasteiger partial charge in [-0.15, -0.1) is 0 Å². The Morgan fingerprint density at radius 3 is 2.63 bits per heavy atom. The highest BCUT2D eigenvalue weighted by Gasteiger charge is 2.26. The molecule has 0 unspecified atom stereocenters. The van der Waals surface area contributed by atoms with E-state index in [1.54, 1.807) is 19.9 Å². The Balaban J connectivity index is 1.83. The number of nitrogens with zero attached hydrogens (tertiary/aromatic N) is 1. The number of fused-ring (bicyclic) bond motifs is 1. The molecule has 30 heavy (non-hydrogen) atoms. The van der Waals surface area contributed by atoms with E-state index in [1.807, 2.05) is 13.8 Å². The maximum Gasteiger partial charge on any atom is 0.256 e. The fourth-order valence-corrected chi connectivity index (χ4v) is 3.71. The van der Waals surface area contributed by atoms with Crippen molar-refractivity contribution >= 4 is 29.2 Å². The van der Waals surface area contributed by atoms with Crippen molar-refractivity contribution in [2.24, 2.45) is 0 Å². The van der Waals surface area contributed by atoms with Gasteiger partial charge >= 0.3 is 0 Å². The predicted octanol–water partition coefficient (Wildman–Crippen LogP) is 3.35. The van der Waals surface area contributed by atoms with Gasteiger partial charge in [-0.25, -0.2) is 4.39 Å². The van der Waals surface area contributed by atoms with Crippen LogP contribution in [0.5, 0.6) is 0 Å². The maximum absolute atomic E-state index is 13.7. The second-order valence-corrected chi connectivity index (χ2v) is 7.54. The molecule has 0 aliphatic carbocycles. The highest BCUT2D eigenvalue weighted by Crippen LogP contribution is 2.34. The number of carbonyl (C=O) groups excluding carboxylic acids is 2. The number of likely N-dealkylation sites (N-methyl/N-ethyl adjacent to an activating group) is 1. The average molecular weight is 414 g/mol. The second-order valence-electron chi connectivity index (χ2n) is 7.54. The highest BCUT2D eigenvalue weighted by molar-refractivity contribution is 6.34. The zero-order valence-electron chi connectivity index (χ0n) is 17.7. The third-order valence-electron chi connectivity index (χ3n) is 5.71. The van der Waals surface area contributed by atoms with E-state index in [4.69, 9.17) is 0 Å². The molecule has 0 atom stereocenters. The summed E-state index contributed by atoms with van der Waals surface area (Å²) < 4.78 is 13.3. The number of amides is 2. The van der Waals surface area contributed by atoms with E-state index in [1.165, 1.54) is 18.2 Å². The Morgan fingerprint density at radius 1 is 1.27 bits per heavy atom. The summed E-state index contributed by atoms with van der Waals surface area (Å²) in [6.07, 6.45) is 1.63. The Kier molecular flexibility index (Phi) is 6.09. The van der Waals surface area contributed by atoms with Gasteiger partial charge in [0.25, 0.3) is 11.8 Å². The van der Waals surface area contributed by atoms with Crippen LogP contribution in [-0.2, 0) is 4.79 Å². The van der Waals surface area contributed by atoms with Gasteiger partial charge in [0.15, 0.2) is 0 Å². The molecule has 0 spiro atoms. The van der Waals surface area contributed by atoms with E-state index >= 15 is 0 Å². The van der Waals surface area contributed by atoms with Crippen LogP contribution in [0.1, 0.15) is 46.7 Å². The van der Waals surface area contributed by atoms with Crippen molar-refractivity contribution in [3.8, 4) is 0 Å². The number of anilines is 1. The molecule has 1 aromatic carbocycles. The molecule has 1 aliphatic heterocycles. The number of aryl methyl sites for hydroxylation is 1. The summed E-state index contributed by atoms with van der Waals surface area (Å²) in [5.41, 5.74) is 3.80. The molecule has 7 nitrogen and oxygen atoms in total. The molecule has 2 amide bonds. The first-order valence-corrected chi connectivity index (χ1v) is 10.1. The molecule has 8 heteroatoms. The topological polar surface area (TPSA) is 97.0 Å². The summed E-state index contributed by atoms with van der Waals surface area (Å²) in [6, 6.07) is 4.13. The van der Waals surface area contributed by atoms with E-state index in [9.17, 15) is 19.2 Å². The first-order chi connectivity index (χ1) is 14.2. The summed E-state index contributed by atoms with van der Waals surface area (Å²) in [6.45, 7) is 8.73. The number of aromatic nitrogens is 1. The number of hydroxylamine groups is 3. The zero-order valence-corrected chi connectivity index (χ0v) is 17.7. The third kappa shape index (κ3) is 4.15. The van der Waals surface area contributed by atoms with Gasteiger partial charge in [-0.2, -0.15) is 0 Å². The van der Waals surface area contributed by atoms with Crippen molar-refractivity contribution in [3.05, 3.63) is 57.3 Å². The fourth-order valence-electron chi connectivity index (χ4n) is 3.71. The van der Waals surface area contributed by atoms with Crippen LogP contribution >= 0.6 is 0 Å². The number of aromatic amines is 1. The lowest BCUT2D eigenvalue weighted by Gasteiger charge is -2.41. The summed E-state index contributed by atoms with van der Waals surface area (Å²) in [4.78, 5) is 28.2. The monoisotopic (exact) mass is 414 g/mol. The Labute approximate surface area is 175 Å². The molecule has 2 aromatic rings. The number of halogens is 1. The molecular weight excluding hydrogens is 387 g/mol. The number of rotatable bonds is 7. The van der Waals surface area contributed by atoms with Crippen molar-refractivity contribution in [1.29, 1.82) is 0 Å². The van der Waals surface area contributed by atoms with Crippen molar-refractivity contribution < 1.29 is 18.6 Å².